The zero-order valence-electron chi connectivity index (χ0n) is 11.8. The van der Waals surface area contributed by atoms with E-state index >= 15 is 0 Å². The molecule has 2 aliphatic rings. The molecule has 2 aliphatic heterocycles. The molecule has 19 heavy (non-hydrogen) atoms. The number of alkyl halides is 2. The molecular weight excluding hydrogens is 250 g/mol. The van der Waals surface area contributed by atoms with Crippen molar-refractivity contribution in [1.29, 1.82) is 0 Å². The third kappa shape index (κ3) is 3.88. The van der Waals surface area contributed by atoms with Gasteiger partial charge in [-0.2, -0.15) is 0 Å². The molecule has 0 aliphatic carbocycles. The maximum atomic E-state index is 13.1. The zero-order valence-corrected chi connectivity index (χ0v) is 11.8. The van der Waals surface area contributed by atoms with Gasteiger partial charge in [0.15, 0.2) is 0 Å². The van der Waals surface area contributed by atoms with Gasteiger partial charge in [0.1, 0.15) is 0 Å². The van der Waals surface area contributed by atoms with Gasteiger partial charge in [0, 0.05) is 19.5 Å². The molecule has 0 spiro atoms. The number of piperidine rings is 1. The van der Waals surface area contributed by atoms with Crippen LogP contribution in [0.15, 0.2) is 0 Å². The molecule has 0 aromatic rings. The quantitative estimate of drug-likeness (QED) is 0.856. The topological polar surface area (TPSA) is 32.3 Å². The molecule has 1 amide bonds. The number of nitrogens with one attached hydrogen (secondary N) is 1. The van der Waals surface area contributed by atoms with Gasteiger partial charge in [0.05, 0.1) is 12.6 Å². The Labute approximate surface area is 113 Å². The second-order valence-corrected chi connectivity index (χ2v) is 6.42. The van der Waals surface area contributed by atoms with Gasteiger partial charge < -0.3 is 4.90 Å². The largest absolute Gasteiger partial charge is 0.341 e. The first kappa shape index (κ1) is 14.7. The summed E-state index contributed by atoms with van der Waals surface area (Å²) in [5, 5.41) is 2.66. The van der Waals surface area contributed by atoms with Crippen LogP contribution in [-0.2, 0) is 4.79 Å². The molecule has 0 aromatic heterocycles. The van der Waals surface area contributed by atoms with E-state index in [9.17, 15) is 13.6 Å². The van der Waals surface area contributed by atoms with Gasteiger partial charge in [0.25, 0.3) is 5.92 Å². The van der Waals surface area contributed by atoms with E-state index in [1.165, 1.54) is 0 Å². The minimum absolute atomic E-state index is 0.134. The molecule has 2 saturated heterocycles. The van der Waals surface area contributed by atoms with Crippen molar-refractivity contribution in [3.63, 3.8) is 0 Å². The normalized spacial score (nSPS) is 30.9. The number of carbonyl (C=O) groups is 1. The van der Waals surface area contributed by atoms with Crippen molar-refractivity contribution in [3.05, 3.63) is 0 Å². The summed E-state index contributed by atoms with van der Waals surface area (Å²) in [6, 6.07) is -0.687. The lowest BCUT2D eigenvalue weighted by Crippen LogP contribution is -2.48. The first-order chi connectivity index (χ1) is 8.87. The highest BCUT2D eigenvalue weighted by Gasteiger charge is 2.43. The highest BCUT2D eigenvalue weighted by atomic mass is 19.3. The van der Waals surface area contributed by atoms with Crippen LogP contribution in [0, 0.1) is 11.8 Å². The molecule has 2 rings (SSSR count). The fraction of sp³-hybridized carbons (Fsp3) is 0.929. The third-order valence-corrected chi connectivity index (χ3v) is 4.04. The Balaban J connectivity index is 1.89. The summed E-state index contributed by atoms with van der Waals surface area (Å²) in [4.78, 5) is 14.0. The van der Waals surface area contributed by atoms with Crippen LogP contribution in [0.3, 0.4) is 0 Å². The monoisotopic (exact) mass is 274 g/mol. The van der Waals surface area contributed by atoms with E-state index in [1.807, 2.05) is 0 Å². The zero-order chi connectivity index (χ0) is 14.0. The van der Waals surface area contributed by atoms with E-state index in [4.69, 9.17) is 0 Å². The Morgan fingerprint density at radius 1 is 1.47 bits per heavy atom. The van der Waals surface area contributed by atoms with Crippen molar-refractivity contribution in [2.45, 2.75) is 51.5 Å². The lowest BCUT2D eigenvalue weighted by atomic mass is 9.89. The van der Waals surface area contributed by atoms with Crippen molar-refractivity contribution in [2.24, 2.45) is 11.8 Å². The van der Waals surface area contributed by atoms with E-state index in [2.05, 4.69) is 19.2 Å². The summed E-state index contributed by atoms with van der Waals surface area (Å²) >= 11 is 0. The summed E-state index contributed by atoms with van der Waals surface area (Å²) in [5.74, 6) is -1.72. The van der Waals surface area contributed by atoms with Gasteiger partial charge in [-0.15, -0.1) is 0 Å². The predicted octanol–water partition coefficient (Wildman–Crippen LogP) is 2.27. The third-order valence-electron chi connectivity index (χ3n) is 4.04. The Morgan fingerprint density at radius 2 is 2.21 bits per heavy atom. The Hall–Kier alpha value is -0.710. The molecule has 1 N–H and O–H groups in total. The van der Waals surface area contributed by atoms with E-state index in [1.54, 1.807) is 4.90 Å². The number of likely N-dealkylation sites (tertiary alicyclic amines) is 1. The number of carbonyl (C=O) groups excluding carboxylic acids is 1. The lowest BCUT2D eigenvalue weighted by Gasteiger charge is -2.35. The van der Waals surface area contributed by atoms with E-state index in [0.717, 1.165) is 32.4 Å². The number of amides is 1. The smallest absolute Gasteiger partial charge is 0.262 e. The van der Waals surface area contributed by atoms with Crippen LogP contribution >= 0.6 is 0 Å². The predicted molar refractivity (Wildman–Crippen MR) is 70.1 cm³/mol. The van der Waals surface area contributed by atoms with Gasteiger partial charge >= 0.3 is 0 Å². The van der Waals surface area contributed by atoms with Crippen LogP contribution in [0.2, 0.25) is 0 Å². The van der Waals surface area contributed by atoms with Crippen molar-refractivity contribution >= 4 is 5.91 Å². The van der Waals surface area contributed by atoms with Crippen LogP contribution in [0.4, 0.5) is 8.78 Å². The molecule has 3 nitrogen and oxygen atoms in total. The summed E-state index contributed by atoms with van der Waals surface area (Å²) in [6.45, 7) is 5.45. The number of hydrogen-bond donors (Lipinski definition) is 1. The highest BCUT2D eigenvalue weighted by Crippen LogP contribution is 2.28. The molecule has 110 valence electrons. The van der Waals surface area contributed by atoms with Gasteiger partial charge in [-0.25, -0.2) is 8.78 Å². The summed E-state index contributed by atoms with van der Waals surface area (Å²) in [5.41, 5.74) is 0. The number of halogens is 2. The van der Waals surface area contributed by atoms with Crippen molar-refractivity contribution in [2.75, 3.05) is 19.6 Å². The summed E-state index contributed by atoms with van der Waals surface area (Å²) in [6.07, 6.45) is 2.90. The second-order valence-electron chi connectivity index (χ2n) is 6.42. The molecular formula is C14H24F2N2O. The molecule has 2 fully saturated rings. The fourth-order valence-corrected chi connectivity index (χ4v) is 3.23. The van der Waals surface area contributed by atoms with Crippen molar-refractivity contribution in [3.8, 4) is 0 Å². The van der Waals surface area contributed by atoms with Crippen LogP contribution in [0.25, 0.3) is 0 Å². The van der Waals surface area contributed by atoms with E-state index in [-0.39, 0.29) is 18.9 Å². The van der Waals surface area contributed by atoms with Gasteiger partial charge in [-0.3, -0.25) is 10.1 Å². The summed E-state index contributed by atoms with van der Waals surface area (Å²) in [7, 11) is 0. The van der Waals surface area contributed by atoms with Crippen LogP contribution < -0.4 is 5.32 Å². The van der Waals surface area contributed by atoms with E-state index < -0.39 is 12.0 Å². The molecule has 2 atom stereocenters. The maximum absolute atomic E-state index is 13.1. The lowest BCUT2D eigenvalue weighted by molar-refractivity contribution is -0.135. The average molecular weight is 274 g/mol. The second kappa shape index (κ2) is 5.73. The van der Waals surface area contributed by atoms with Crippen LogP contribution in [0.1, 0.15) is 39.5 Å². The molecule has 0 bridgehead atoms. The average Bonchev–Trinajstić information content (AvgIpc) is 2.68. The van der Waals surface area contributed by atoms with Gasteiger partial charge in [-0.1, -0.05) is 13.8 Å². The van der Waals surface area contributed by atoms with Crippen LogP contribution in [0.5, 0.6) is 0 Å². The molecule has 2 unspecified atom stereocenters. The fourth-order valence-electron chi connectivity index (χ4n) is 3.23. The minimum Gasteiger partial charge on any atom is -0.341 e. The molecule has 5 heteroatoms. The highest BCUT2D eigenvalue weighted by molar-refractivity contribution is 5.82. The Bertz CT molecular complexity index is 333. The van der Waals surface area contributed by atoms with Gasteiger partial charge in [0.2, 0.25) is 5.91 Å². The number of nitrogens with zero attached hydrogens (tertiary/aromatic N) is 1. The SMILES string of the molecule is CC(C)CC1CCCN(C(=O)C2CC(F)(F)CN2)C1. The van der Waals surface area contributed by atoms with Crippen LogP contribution in [-0.4, -0.2) is 42.4 Å². The van der Waals surface area contributed by atoms with E-state index in [0.29, 0.717) is 11.8 Å². The van der Waals surface area contributed by atoms with Crippen molar-refractivity contribution in [1.82, 2.24) is 10.2 Å². The first-order valence-corrected chi connectivity index (χ1v) is 7.27. The standard InChI is InChI=1S/C14H24F2N2O/c1-10(2)6-11-4-3-5-18(8-11)13(19)12-7-14(15,16)9-17-12/h10-12,17H,3-9H2,1-2H3. The first-order valence-electron chi connectivity index (χ1n) is 7.27. The number of hydrogen-bond acceptors (Lipinski definition) is 2. The Kier molecular flexibility index (Phi) is 4.43. The molecule has 0 radical (unpaired) electrons. The summed E-state index contributed by atoms with van der Waals surface area (Å²) < 4.78 is 26.3. The maximum Gasteiger partial charge on any atom is 0.262 e. The molecule has 0 aromatic carbocycles. The van der Waals surface area contributed by atoms with Crippen molar-refractivity contribution < 1.29 is 13.6 Å². The molecule has 2 heterocycles. The molecule has 0 saturated carbocycles. The Morgan fingerprint density at radius 3 is 2.79 bits per heavy atom. The number of rotatable bonds is 3. The minimum atomic E-state index is -2.73. The van der Waals surface area contributed by atoms with Gasteiger partial charge in [-0.05, 0) is 31.1 Å².